The third kappa shape index (κ3) is 3.48. The van der Waals surface area contributed by atoms with Gasteiger partial charge < -0.3 is 0 Å². The van der Waals surface area contributed by atoms with E-state index in [1.807, 2.05) is 36.6 Å². The van der Waals surface area contributed by atoms with E-state index in [9.17, 15) is 4.79 Å². The fourth-order valence-corrected chi connectivity index (χ4v) is 3.13. The van der Waals surface area contributed by atoms with Crippen LogP contribution in [-0.2, 0) is 0 Å². The van der Waals surface area contributed by atoms with E-state index in [0.717, 1.165) is 16.8 Å². The summed E-state index contributed by atoms with van der Waals surface area (Å²) in [6, 6.07) is 13.8. The number of anilines is 1. The highest BCUT2D eigenvalue weighted by Crippen LogP contribution is 2.28. The zero-order chi connectivity index (χ0) is 16.4. The van der Waals surface area contributed by atoms with Crippen molar-refractivity contribution in [3.8, 4) is 11.3 Å². The molecule has 0 fully saturated rings. The fraction of sp³-hybridized carbons (Fsp3) is 0.158. The summed E-state index contributed by atoms with van der Waals surface area (Å²) in [5.74, 6) is -0.129. The first-order chi connectivity index (χ1) is 11.0. The van der Waals surface area contributed by atoms with Gasteiger partial charge in [-0.1, -0.05) is 35.4 Å². The summed E-state index contributed by atoms with van der Waals surface area (Å²) in [7, 11) is 0. The van der Waals surface area contributed by atoms with Gasteiger partial charge in [0.05, 0.1) is 5.69 Å². The Morgan fingerprint density at radius 3 is 2.61 bits per heavy atom. The Kier molecular flexibility index (Phi) is 4.26. The maximum Gasteiger partial charge on any atom is 0.257 e. The monoisotopic (exact) mass is 322 g/mol. The number of benzene rings is 2. The quantitative estimate of drug-likeness (QED) is 0.738. The van der Waals surface area contributed by atoms with E-state index in [0.29, 0.717) is 10.7 Å². The molecule has 1 amide bonds. The first-order valence-corrected chi connectivity index (χ1v) is 8.32. The minimum Gasteiger partial charge on any atom is -0.298 e. The van der Waals surface area contributed by atoms with E-state index in [-0.39, 0.29) is 5.91 Å². The van der Waals surface area contributed by atoms with Gasteiger partial charge in [-0.05, 0) is 44.5 Å². The number of hydrogen-bond acceptors (Lipinski definition) is 3. The minimum atomic E-state index is -0.129. The molecule has 4 heteroatoms. The Hall–Kier alpha value is -2.46. The van der Waals surface area contributed by atoms with Crippen molar-refractivity contribution in [2.75, 3.05) is 5.32 Å². The second-order valence-electron chi connectivity index (χ2n) is 5.68. The molecular weight excluding hydrogens is 304 g/mol. The molecule has 23 heavy (non-hydrogen) atoms. The molecule has 3 nitrogen and oxygen atoms in total. The molecule has 0 spiro atoms. The lowest BCUT2D eigenvalue weighted by atomic mass is 10.0. The lowest BCUT2D eigenvalue weighted by Gasteiger charge is -2.04. The molecule has 0 aliphatic heterocycles. The number of carbonyl (C=O) groups is 1. The zero-order valence-corrected chi connectivity index (χ0v) is 14.2. The van der Waals surface area contributed by atoms with E-state index in [1.165, 1.54) is 22.5 Å². The second-order valence-corrected chi connectivity index (χ2v) is 6.54. The topological polar surface area (TPSA) is 42.0 Å². The van der Waals surface area contributed by atoms with E-state index >= 15 is 0 Å². The first-order valence-electron chi connectivity index (χ1n) is 7.44. The minimum absolute atomic E-state index is 0.129. The van der Waals surface area contributed by atoms with Crippen LogP contribution in [-0.4, -0.2) is 10.9 Å². The van der Waals surface area contributed by atoms with Crippen molar-refractivity contribution in [2.24, 2.45) is 0 Å². The lowest BCUT2D eigenvalue weighted by molar-refractivity contribution is 0.102. The van der Waals surface area contributed by atoms with Gasteiger partial charge in [-0.25, -0.2) is 4.98 Å². The van der Waals surface area contributed by atoms with Gasteiger partial charge in [-0.3, -0.25) is 10.1 Å². The molecule has 3 rings (SSSR count). The Morgan fingerprint density at radius 1 is 1.04 bits per heavy atom. The normalized spacial score (nSPS) is 10.6. The highest BCUT2D eigenvalue weighted by molar-refractivity contribution is 7.14. The molecule has 0 aliphatic carbocycles. The second kappa shape index (κ2) is 6.34. The van der Waals surface area contributed by atoms with Gasteiger partial charge in [-0.2, -0.15) is 0 Å². The lowest BCUT2D eigenvalue weighted by Crippen LogP contribution is -2.11. The van der Waals surface area contributed by atoms with Crippen molar-refractivity contribution in [3.05, 3.63) is 70.1 Å². The van der Waals surface area contributed by atoms with Crippen molar-refractivity contribution in [2.45, 2.75) is 20.8 Å². The fourth-order valence-electron chi connectivity index (χ4n) is 2.42. The number of aryl methyl sites for hydroxylation is 3. The van der Waals surface area contributed by atoms with E-state index in [1.54, 1.807) is 0 Å². The third-order valence-corrected chi connectivity index (χ3v) is 4.43. The van der Waals surface area contributed by atoms with Crippen molar-refractivity contribution in [1.29, 1.82) is 0 Å². The number of nitrogens with one attached hydrogen (secondary N) is 1. The molecule has 0 saturated heterocycles. The van der Waals surface area contributed by atoms with Gasteiger partial charge in [0, 0.05) is 16.5 Å². The summed E-state index contributed by atoms with van der Waals surface area (Å²) < 4.78 is 0. The van der Waals surface area contributed by atoms with Crippen LogP contribution in [0.25, 0.3) is 11.3 Å². The summed E-state index contributed by atoms with van der Waals surface area (Å²) in [5, 5.41) is 5.48. The maximum atomic E-state index is 12.3. The third-order valence-electron chi connectivity index (χ3n) is 3.67. The van der Waals surface area contributed by atoms with E-state index in [4.69, 9.17) is 0 Å². The van der Waals surface area contributed by atoms with Gasteiger partial charge in [0.1, 0.15) is 0 Å². The van der Waals surface area contributed by atoms with Crippen LogP contribution in [0, 0.1) is 20.8 Å². The number of nitrogens with zero attached hydrogens (tertiary/aromatic N) is 1. The number of rotatable bonds is 3. The highest BCUT2D eigenvalue weighted by atomic mass is 32.1. The van der Waals surface area contributed by atoms with Gasteiger partial charge in [0.2, 0.25) is 0 Å². The zero-order valence-electron chi connectivity index (χ0n) is 13.4. The number of carbonyl (C=O) groups excluding carboxylic acids is 1. The molecule has 1 N–H and O–H groups in total. The Morgan fingerprint density at radius 2 is 1.83 bits per heavy atom. The number of hydrogen-bond donors (Lipinski definition) is 1. The molecule has 3 aromatic rings. The molecule has 0 unspecified atom stereocenters. The molecule has 0 bridgehead atoms. The number of aromatic nitrogens is 1. The predicted molar refractivity (Wildman–Crippen MR) is 96.2 cm³/mol. The summed E-state index contributed by atoms with van der Waals surface area (Å²) in [6.07, 6.45) is 0. The van der Waals surface area contributed by atoms with E-state index in [2.05, 4.69) is 42.3 Å². The molecule has 116 valence electrons. The summed E-state index contributed by atoms with van der Waals surface area (Å²) in [6.45, 7) is 6.10. The predicted octanol–water partition coefficient (Wildman–Crippen LogP) is 4.99. The molecule has 0 atom stereocenters. The Balaban J connectivity index is 1.82. The SMILES string of the molecule is Cc1cccc(C(=O)Nc2nc(-c3cc(C)ccc3C)cs2)c1. The molecule has 0 saturated carbocycles. The maximum absolute atomic E-state index is 12.3. The van der Waals surface area contributed by atoms with Crippen LogP contribution in [0.15, 0.2) is 47.8 Å². The van der Waals surface area contributed by atoms with Gasteiger partial charge in [0.15, 0.2) is 5.13 Å². The summed E-state index contributed by atoms with van der Waals surface area (Å²) >= 11 is 1.44. The standard InChI is InChI=1S/C19H18N2OS/c1-12-5-4-6-15(9-12)18(22)21-19-20-17(11-23-19)16-10-13(2)7-8-14(16)3/h4-11H,1-3H3,(H,20,21,22). The van der Waals surface area contributed by atoms with Crippen molar-refractivity contribution in [3.63, 3.8) is 0 Å². The molecule has 1 heterocycles. The number of amides is 1. The van der Waals surface area contributed by atoms with Gasteiger partial charge in [0.25, 0.3) is 5.91 Å². The molecular formula is C19H18N2OS. The van der Waals surface area contributed by atoms with Gasteiger partial charge >= 0.3 is 0 Å². The molecule has 1 aromatic heterocycles. The molecule has 0 radical (unpaired) electrons. The Labute approximate surface area is 140 Å². The van der Waals surface area contributed by atoms with Crippen molar-refractivity contribution in [1.82, 2.24) is 4.98 Å². The number of thiazole rings is 1. The van der Waals surface area contributed by atoms with Crippen LogP contribution in [0.4, 0.5) is 5.13 Å². The highest BCUT2D eigenvalue weighted by Gasteiger charge is 2.11. The smallest absolute Gasteiger partial charge is 0.257 e. The largest absolute Gasteiger partial charge is 0.298 e. The van der Waals surface area contributed by atoms with Crippen molar-refractivity contribution >= 4 is 22.4 Å². The van der Waals surface area contributed by atoms with Crippen LogP contribution in [0.3, 0.4) is 0 Å². The van der Waals surface area contributed by atoms with E-state index < -0.39 is 0 Å². The Bertz CT molecular complexity index is 867. The van der Waals surface area contributed by atoms with Gasteiger partial charge in [-0.15, -0.1) is 11.3 Å². The molecule has 0 aliphatic rings. The van der Waals surface area contributed by atoms with Crippen LogP contribution in [0.2, 0.25) is 0 Å². The summed E-state index contributed by atoms with van der Waals surface area (Å²) in [4.78, 5) is 16.8. The van der Waals surface area contributed by atoms with Crippen LogP contribution < -0.4 is 5.32 Å². The van der Waals surface area contributed by atoms with Crippen LogP contribution >= 0.6 is 11.3 Å². The first kappa shape index (κ1) is 15.4. The van der Waals surface area contributed by atoms with Crippen LogP contribution in [0.1, 0.15) is 27.0 Å². The summed E-state index contributed by atoms with van der Waals surface area (Å²) in [5.41, 5.74) is 6.09. The molecule has 2 aromatic carbocycles. The van der Waals surface area contributed by atoms with Crippen molar-refractivity contribution < 1.29 is 4.79 Å². The average molecular weight is 322 g/mol. The average Bonchev–Trinajstić information content (AvgIpc) is 2.98. The van der Waals surface area contributed by atoms with Crippen LogP contribution in [0.5, 0.6) is 0 Å².